The van der Waals surface area contributed by atoms with Crippen LogP contribution in [-0.2, 0) is 0 Å². The molecule has 2 aromatic rings. The molecule has 0 radical (unpaired) electrons. The molecule has 2 aromatic carbocycles. The van der Waals surface area contributed by atoms with E-state index >= 15 is 0 Å². The smallest absolute Gasteiger partial charge is 0.165 e. The van der Waals surface area contributed by atoms with Gasteiger partial charge in [-0.05, 0) is 29.8 Å². The van der Waals surface area contributed by atoms with Crippen LogP contribution in [0.4, 0.5) is 8.78 Å². The van der Waals surface area contributed by atoms with Crippen molar-refractivity contribution in [2.75, 3.05) is 13.7 Å². The predicted octanol–water partition coefficient (Wildman–Crippen LogP) is 3.09. The van der Waals surface area contributed by atoms with Gasteiger partial charge in [-0.1, -0.05) is 12.1 Å². The summed E-state index contributed by atoms with van der Waals surface area (Å²) in [5, 5.41) is 9.97. The minimum absolute atomic E-state index is 0.187. The third kappa shape index (κ3) is 3.45. The number of halogens is 2. The van der Waals surface area contributed by atoms with Crippen LogP contribution in [0.5, 0.6) is 11.5 Å². The highest BCUT2D eigenvalue weighted by molar-refractivity contribution is 5.30. The number of rotatable bonds is 5. The first-order valence-corrected chi connectivity index (χ1v) is 6.00. The molecule has 0 aromatic heterocycles. The normalized spacial score (nSPS) is 12.0. The minimum Gasteiger partial charge on any atom is -0.497 e. The summed E-state index contributed by atoms with van der Waals surface area (Å²) in [6.45, 7) is -0.187. The molecule has 0 spiro atoms. The molecule has 5 heteroatoms. The Kier molecular flexibility index (Phi) is 4.53. The van der Waals surface area contributed by atoms with Crippen LogP contribution >= 0.6 is 0 Å². The highest BCUT2D eigenvalue weighted by atomic mass is 19.1. The topological polar surface area (TPSA) is 38.7 Å². The Hall–Kier alpha value is -2.14. The summed E-state index contributed by atoms with van der Waals surface area (Å²) in [6.07, 6.45) is -0.965. The van der Waals surface area contributed by atoms with Gasteiger partial charge in [0.2, 0.25) is 0 Å². The summed E-state index contributed by atoms with van der Waals surface area (Å²) >= 11 is 0. The molecule has 106 valence electrons. The van der Waals surface area contributed by atoms with Gasteiger partial charge in [-0.15, -0.1) is 0 Å². The van der Waals surface area contributed by atoms with E-state index in [1.54, 1.807) is 24.3 Å². The number of methoxy groups -OCH3 is 1. The van der Waals surface area contributed by atoms with Gasteiger partial charge in [0.05, 0.1) is 7.11 Å². The average molecular weight is 280 g/mol. The maximum absolute atomic E-state index is 13.3. The largest absolute Gasteiger partial charge is 0.497 e. The van der Waals surface area contributed by atoms with Gasteiger partial charge in [-0.25, -0.2) is 8.78 Å². The molecule has 0 bridgehead atoms. The van der Waals surface area contributed by atoms with Crippen molar-refractivity contribution in [3.63, 3.8) is 0 Å². The minimum atomic E-state index is -0.965. The number of hydrogen-bond acceptors (Lipinski definition) is 3. The molecule has 20 heavy (non-hydrogen) atoms. The lowest BCUT2D eigenvalue weighted by Crippen LogP contribution is -2.10. The number of aliphatic hydroxyl groups excluding tert-OH is 1. The summed E-state index contributed by atoms with van der Waals surface area (Å²) in [5.74, 6) is -0.910. The monoisotopic (exact) mass is 280 g/mol. The average Bonchev–Trinajstić information content (AvgIpc) is 2.48. The Morgan fingerprint density at radius 1 is 1.15 bits per heavy atom. The molecule has 2 rings (SSSR count). The first-order chi connectivity index (χ1) is 9.60. The van der Waals surface area contributed by atoms with E-state index in [2.05, 4.69) is 0 Å². The summed E-state index contributed by atoms with van der Waals surface area (Å²) in [5.41, 5.74) is 0.571. The molecule has 0 saturated carbocycles. The van der Waals surface area contributed by atoms with Crippen LogP contribution in [0.1, 0.15) is 11.7 Å². The third-order valence-electron chi connectivity index (χ3n) is 2.77. The first kappa shape index (κ1) is 14.3. The van der Waals surface area contributed by atoms with Crippen molar-refractivity contribution in [3.05, 3.63) is 59.7 Å². The van der Waals surface area contributed by atoms with Crippen molar-refractivity contribution < 1.29 is 23.4 Å². The van der Waals surface area contributed by atoms with Gasteiger partial charge in [0.25, 0.3) is 0 Å². The van der Waals surface area contributed by atoms with Gasteiger partial charge in [-0.2, -0.15) is 0 Å². The zero-order valence-corrected chi connectivity index (χ0v) is 10.8. The lowest BCUT2D eigenvalue weighted by molar-refractivity contribution is 0.105. The second-order valence-corrected chi connectivity index (χ2v) is 4.18. The summed E-state index contributed by atoms with van der Waals surface area (Å²) in [7, 11) is 1.52. The molecule has 0 aliphatic rings. The van der Waals surface area contributed by atoms with Gasteiger partial charge >= 0.3 is 0 Å². The predicted molar refractivity (Wildman–Crippen MR) is 69.8 cm³/mol. The molecule has 1 atom stereocenters. The van der Waals surface area contributed by atoms with Crippen LogP contribution in [0.2, 0.25) is 0 Å². The fraction of sp³-hybridized carbons (Fsp3) is 0.200. The van der Waals surface area contributed by atoms with Gasteiger partial charge in [0.1, 0.15) is 24.3 Å². The Labute approximate surface area is 115 Å². The van der Waals surface area contributed by atoms with Crippen molar-refractivity contribution in [1.82, 2.24) is 0 Å². The Morgan fingerprint density at radius 2 is 1.95 bits per heavy atom. The highest BCUT2D eigenvalue weighted by Gasteiger charge is 2.12. The van der Waals surface area contributed by atoms with Crippen LogP contribution in [0.15, 0.2) is 42.5 Å². The molecule has 0 heterocycles. The second-order valence-electron chi connectivity index (χ2n) is 4.18. The van der Waals surface area contributed by atoms with Crippen LogP contribution in [0.3, 0.4) is 0 Å². The van der Waals surface area contributed by atoms with E-state index in [0.717, 1.165) is 18.2 Å². The molecule has 0 saturated heterocycles. The molecule has 3 nitrogen and oxygen atoms in total. The van der Waals surface area contributed by atoms with E-state index in [9.17, 15) is 13.9 Å². The van der Waals surface area contributed by atoms with E-state index in [1.165, 1.54) is 7.11 Å². The lowest BCUT2D eigenvalue weighted by atomic mass is 10.1. The second kappa shape index (κ2) is 6.34. The number of hydrogen-bond donors (Lipinski definition) is 1. The van der Waals surface area contributed by atoms with Crippen LogP contribution < -0.4 is 9.47 Å². The third-order valence-corrected chi connectivity index (χ3v) is 2.77. The quantitative estimate of drug-likeness (QED) is 0.914. The van der Waals surface area contributed by atoms with E-state index in [1.807, 2.05) is 0 Å². The molecular formula is C15H14F2O3. The first-order valence-electron chi connectivity index (χ1n) is 6.00. The zero-order chi connectivity index (χ0) is 14.5. The van der Waals surface area contributed by atoms with E-state index < -0.39 is 17.7 Å². The Morgan fingerprint density at radius 3 is 2.70 bits per heavy atom. The van der Waals surface area contributed by atoms with Crippen molar-refractivity contribution >= 4 is 0 Å². The van der Waals surface area contributed by atoms with Crippen LogP contribution in [-0.4, -0.2) is 18.8 Å². The summed E-state index contributed by atoms with van der Waals surface area (Å²) in [4.78, 5) is 0. The van der Waals surface area contributed by atoms with Gasteiger partial charge < -0.3 is 14.6 Å². The Bertz CT molecular complexity index is 587. The van der Waals surface area contributed by atoms with Gasteiger partial charge in [0.15, 0.2) is 11.6 Å². The molecule has 0 amide bonds. The lowest BCUT2D eigenvalue weighted by Gasteiger charge is -2.14. The van der Waals surface area contributed by atoms with Crippen molar-refractivity contribution in [3.8, 4) is 11.5 Å². The molecule has 0 aliphatic carbocycles. The maximum Gasteiger partial charge on any atom is 0.165 e. The van der Waals surface area contributed by atoms with Gasteiger partial charge in [0, 0.05) is 6.07 Å². The highest BCUT2D eigenvalue weighted by Crippen LogP contribution is 2.22. The van der Waals surface area contributed by atoms with Crippen LogP contribution in [0.25, 0.3) is 0 Å². The molecule has 0 fully saturated rings. The van der Waals surface area contributed by atoms with Gasteiger partial charge in [-0.3, -0.25) is 0 Å². The Balaban J connectivity index is 2.04. The van der Waals surface area contributed by atoms with Crippen molar-refractivity contribution in [2.24, 2.45) is 0 Å². The number of aliphatic hydroxyl groups is 1. The van der Waals surface area contributed by atoms with E-state index in [4.69, 9.17) is 9.47 Å². The van der Waals surface area contributed by atoms with Crippen molar-refractivity contribution in [1.29, 1.82) is 0 Å². The fourth-order valence-electron chi connectivity index (χ4n) is 1.70. The molecular weight excluding hydrogens is 266 g/mol. The van der Waals surface area contributed by atoms with Crippen molar-refractivity contribution in [2.45, 2.75) is 6.10 Å². The fourth-order valence-corrected chi connectivity index (χ4v) is 1.70. The number of ether oxygens (including phenoxy) is 2. The zero-order valence-electron chi connectivity index (χ0n) is 10.8. The van der Waals surface area contributed by atoms with E-state index in [0.29, 0.717) is 11.3 Å². The molecule has 1 unspecified atom stereocenters. The summed E-state index contributed by atoms with van der Waals surface area (Å²) < 4.78 is 36.5. The summed E-state index contributed by atoms with van der Waals surface area (Å²) in [6, 6.07) is 9.72. The molecule has 1 N–H and O–H groups in total. The number of benzene rings is 2. The standard InChI is InChI=1S/C15H14F2O3/c1-19-12-4-2-3-10(7-12)14(18)9-20-15-8-11(16)5-6-13(15)17/h2-8,14,18H,9H2,1H3. The SMILES string of the molecule is COc1cccc(C(O)COc2cc(F)ccc2F)c1. The molecule has 0 aliphatic heterocycles. The van der Waals surface area contributed by atoms with Crippen LogP contribution in [0, 0.1) is 11.6 Å². The van der Waals surface area contributed by atoms with E-state index in [-0.39, 0.29) is 12.4 Å². The maximum atomic E-state index is 13.3.